The molecule has 0 fully saturated rings. The van der Waals surface area contributed by atoms with Crippen LogP contribution in [0.5, 0.6) is 0 Å². The summed E-state index contributed by atoms with van der Waals surface area (Å²) in [4.78, 5) is 16.1. The zero-order valence-electron chi connectivity index (χ0n) is 11.4. The lowest BCUT2D eigenvalue weighted by atomic mass is 10.1. The van der Waals surface area contributed by atoms with Crippen molar-refractivity contribution in [1.82, 2.24) is 10.3 Å². The van der Waals surface area contributed by atoms with Crippen molar-refractivity contribution in [2.24, 2.45) is 0 Å². The van der Waals surface area contributed by atoms with Gasteiger partial charge in [0.05, 0.1) is 12.2 Å². The van der Waals surface area contributed by atoms with Crippen LogP contribution < -0.4 is 5.32 Å². The molecule has 0 aliphatic rings. The number of carbonyl (C=O) groups is 1. The van der Waals surface area contributed by atoms with Gasteiger partial charge in [-0.3, -0.25) is 4.79 Å². The number of hydrogen-bond donors (Lipinski definition) is 1. The Morgan fingerprint density at radius 1 is 1.38 bits per heavy atom. The molecule has 0 saturated heterocycles. The predicted octanol–water partition coefficient (Wildman–Crippen LogP) is 3.57. The second-order valence-electron chi connectivity index (χ2n) is 4.43. The Balaban J connectivity index is 2.04. The number of aromatic nitrogens is 1. The number of amides is 1. The summed E-state index contributed by atoms with van der Waals surface area (Å²) in [5.41, 5.74) is 2.41. The van der Waals surface area contributed by atoms with Crippen LogP contribution in [0, 0.1) is 0 Å². The SMILES string of the molecule is COCc1cccc(CNC(=O)c2cc(Br)cnc2Cl)c1. The second kappa shape index (κ2) is 7.54. The fourth-order valence-corrected chi connectivity index (χ4v) is 2.38. The highest BCUT2D eigenvalue weighted by Gasteiger charge is 2.11. The molecule has 2 aromatic rings. The van der Waals surface area contributed by atoms with Gasteiger partial charge in [-0.1, -0.05) is 35.9 Å². The van der Waals surface area contributed by atoms with Crippen LogP contribution in [0.2, 0.25) is 5.15 Å². The molecule has 1 aromatic carbocycles. The van der Waals surface area contributed by atoms with Gasteiger partial charge in [-0.25, -0.2) is 4.98 Å². The molecule has 0 unspecified atom stereocenters. The number of methoxy groups -OCH3 is 1. The van der Waals surface area contributed by atoms with Gasteiger partial charge in [0.2, 0.25) is 0 Å². The molecule has 0 saturated carbocycles. The van der Waals surface area contributed by atoms with Crippen molar-refractivity contribution in [3.8, 4) is 0 Å². The molecule has 0 bridgehead atoms. The lowest BCUT2D eigenvalue weighted by Crippen LogP contribution is -2.23. The molecule has 0 aliphatic carbocycles. The first-order valence-corrected chi connectivity index (χ1v) is 7.43. The summed E-state index contributed by atoms with van der Waals surface area (Å²) in [6.45, 7) is 0.961. The van der Waals surface area contributed by atoms with E-state index < -0.39 is 0 Å². The van der Waals surface area contributed by atoms with Crippen LogP contribution in [-0.2, 0) is 17.9 Å². The minimum atomic E-state index is -0.258. The van der Waals surface area contributed by atoms with E-state index in [9.17, 15) is 4.79 Å². The number of ether oxygens (including phenoxy) is 1. The first-order valence-electron chi connectivity index (χ1n) is 6.26. The van der Waals surface area contributed by atoms with Gasteiger partial charge in [-0.15, -0.1) is 0 Å². The Morgan fingerprint density at radius 2 is 2.14 bits per heavy atom. The minimum absolute atomic E-state index is 0.184. The third-order valence-electron chi connectivity index (χ3n) is 2.81. The maximum Gasteiger partial charge on any atom is 0.254 e. The molecule has 0 radical (unpaired) electrons. The van der Waals surface area contributed by atoms with E-state index in [2.05, 4.69) is 26.2 Å². The van der Waals surface area contributed by atoms with Gasteiger partial charge in [0.25, 0.3) is 5.91 Å². The van der Waals surface area contributed by atoms with Crippen LogP contribution in [0.4, 0.5) is 0 Å². The summed E-state index contributed by atoms with van der Waals surface area (Å²) in [5, 5.41) is 3.01. The smallest absolute Gasteiger partial charge is 0.254 e. The standard InChI is InChI=1S/C15H14BrClN2O2/c1-21-9-11-4-2-3-10(5-11)7-19-15(20)13-6-12(16)8-18-14(13)17/h2-6,8H,7,9H2,1H3,(H,19,20). The molecule has 21 heavy (non-hydrogen) atoms. The van der Waals surface area contributed by atoms with Crippen LogP contribution in [-0.4, -0.2) is 18.0 Å². The van der Waals surface area contributed by atoms with Crippen molar-refractivity contribution in [3.63, 3.8) is 0 Å². The van der Waals surface area contributed by atoms with Gasteiger partial charge in [0.15, 0.2) is 0 Å². The average molecular weight is 370 g/mol. The number of nitrogens with one attached hydrogen (secondary N) is 1. The molecular formula is C15H14BrClN2O2. The van der Waals surface area contributed by atoms with Gasteiger partial charge < -0.3 is 10.1 Å². The van der Waals surface area contributed by atoms with Crippen LogP contribution in [0.15, 0.2) is 41.0 Å². The van der Waals surface area contributed by atoms with Gasteiger partial charge >= 0.3 is 0 Å². The highest BCUT2D eigenvalue weighted by molar-refractivity contribution is 9.10. The van der Waals surface area contributed by atoms with Crippen LogP contribution in [0.25, 0.3) is 0 Å². The fraction of sp³-hybridized carbons (Fsp3) is 0.200. The van der Waals surface area contributed by atoms with Crippen LogP contribution in [0.3, 0.4) is 0 Å². The quantitative estimate of drug-likeness (QED) is 0.820. The topological polar surface area (TPSA) is 51.2 Å². The van der Waals surface area contributed by atoms with E-state index in [1.54, 1.807) is 19.4 Å². The average Bonchev–Trinajstić information content (AvgIpc) is 2.48. The summed E-state index contributed by atoms with van der Waals surface area (Å²) in [5.74, 6) is -0.258. The van der Waals surface area contributed by atoms with E-state index in [-0.39, 0.29) is 11.1 Å². The summed E-state index contributed by atoms with van der Waals surface area (Å²) >= 11 is 9.20. The number of benzene rings is 1. The molecule has 1 amide bonds. The Labute approximate surface area is 136 Å². The highest BCUT2D eigenvalue weighted by Crippen LogP contribution is 2.18. The molecule has 1 aromatic heterocycles. The maximum atomic E-state index is 12.1. The molecule has 1 heterocycles. The van der Waals surface area contributed by atoms with Crippen molar-refractivity contribution in [2.45, 2.75) is 13.2 Å². The second-order valence-corrected chi connectivity index (χ2v) is 5.70. The highest BCUT2D eigenvalue weighted by atomic mass is 79.9. The number of carbonyl (C=O) groups excluding carboxylic acids is 1. The monoisotopic (exact) mass is 368 g/mol. The van der Waals surface area contributed by atoms with Gasteiger partial charge in [-0.2, -0.15) is 0 Å². The normalized spacial score (nSPS) is 10.4. The fourth-order valence-electron chi connectivity index (χ4n) is 1.86. The summed E-state index contributed by atoms with van der Waals surface area (Å²) < 4.78 is 5.80. The number of nitrogens with zero attached hydrogens (tertiary/aromatic N) is 1. The Hall–Kier alpha value is -1.43. The summed E-state index contributed by atoms with van der Waals surface area (Å²) in [7, 11) is 1.65. The van der Waals surface area contributed by atoms with Gasteiger partial charge in [0, 0.05) is 24.3 Å². The van der Waals surface area contributed by atoms with Crippen molar-refractivity contribution in [3.05, 3.63) is 62.8 Å². The Bertz CT molecular complexity index is 649. The molecule has 4 nitrogen and oxygen atoms in total. The first kappa shape index (κ1) is 15.9. The Kier molecular flexibility index (Phi) is 5.73. The van der Waals surface area contributed by atoms with E-state index in [0.29, 0.717) is 23.2 Å². The largest absolute Gasteiger partial charge is 0.380 e. The molecular weight excluding hydrogens is 356 g/mol. The van der Waals surface area contributed by atoms with E-state index in [1.807, 2.05) is 24.3 Å². The van der Waals surface area contributed by atoms with Gasteiger partial charge in [-0.05, 0) is 33.1 Å². The molecule has 0 spiro atoms. The summed E-state index contributed by atoms with van der Waals surface area (Å²) in [6, 6.07) is 9.49. The van der Waals surface area contributed by atoms with Crippen molar-refractivity contribution in [1.29, 1.82) is 0 Å². The van der Waals surface area contributed by atoms with Crippen molar-refractivity contribution < 1.29 is 9.53 Å². The number of hydrogen-bond acceptors (Lipinski definition) is 3. The minimum Gasteiger partial charge on any atom is -0.380 e. The third-order valence-corrected chi connectivity index (χ3v) is 3.54. The number of pyridine rings is 1. The maximum absolute atomic E-state index is 12.1. The molecule has 0 atom stereocenters. The predicted molar refractivity (Wildman–Crippen MR) is 85.3 cm³/mol. The lowest BCUT2D eigenvalue weighted by molar-refractivity contribution is 0.0950. The molecule has 6 heteroatoms. The first-order chi connectivity index (χ1) is 10.1. The van der Waals surface area contributed by atoms with Crippen molar-refractivity contribution in [2.75, 3.05) is 7.11 Å². The Morgan fingerprint density at radius 3 is 2.90 bits per heavy atom. The van der Waals surface area contributed by atoms with E-state index in [4.69, 9.17) is 16.3 Å². The number of halogens is 2. The molecule has 0 aliphatic heterocycles. The van der Waals surface area contributed by atoms with E-state index >= 15 is 0 Å². The lowest BCUT2D eigenvalue weighted by Gasteiger charge is -2.08. The van der Waals surface area contributed by atoms with E-state index in [1.165, 1.54) is 0 Å². The zero-order chi connectivity index (χ0) is 15.2. The molecule has 1 N–H and O–H groups in total. The molecule has 110 valence electrons. The molecule has 2 rings (SSSR count). The summed E-state index contributed by atoms with van der Waals surface area (Å²) in [6.07, 6.45) is 1.55. The van der Waals surface area contributed by atoms with Crippen molar-refractivity contribution >= 4 is 33.4 Å². The van der Waals surface area contributed by atoms with Crippen LogP contribution in [0.1, 0.15) is 21.5 Å². The van der Waals surface area contributed by atoms with Crippen LogP contribution >= 0.6 is 27.5 Å². The van der Waals surface area contributed by atoms with E-state index in [0.717, 1.165) is 11.1 Å². The van der Waals surface area contributed by atoms with Gasteiger partial charge in [0.1, 0.15) is 5.15 Å². The number of rotatable bonds is 5. The third kappa shape index (κ3) is 4.52. The zero-order valence-corrected chi connectivity index (χ0v) is 13.7.